The molecule has 0 aliphatic heterocycles. The summed E-state index contributed by atoms with van der Waals surface area (Å²) < 4.78 is 22.2. The van der Waals surface area contributed by atoms with Crippen LogP contribution in [0.5, 0.6) is 0 Å². The summed E-state index contributed by atoms with van der Waals surface area (Å²) in [6.45, 7) is 0. The van der Waals surface area contributed by atoms with Gasteiger partial charge >= 0.3 is 0 Å². The van der Waals surface area contributed by atoms with Crippen LogP contribution in [0.1, 0.15) is 32.1 Å². The first-order valence-corrected chi connectivity index (χ1v) is 7.45. The fourth-order valence-electron chi connectivity index (χ4n) is 1.59. The molecule has 1 aliphatic carbocycles. The number of sulfone groups is 1. The number of alkyl halides is 1. The largest absolute Gasteiger partial charge is 0.223 e. The van der Waals surface area contributed by atoms with E-state index >= 15 is 0 Å². The molecule has 13 heavy (non-hydrogen) atoms. The normalized spacial score (nSPS) is 21.0. The third-order valence-corrected chi connectivity index (χ3v) is 5.15. The summed E-state index contributed by atoms with van der Waals surface area (Å²) in [5.74, 6) is 0.488. The molecule has 0 atom stereocenters. The highest BCUT2D eigenvalue weighted by Crippen LogP contribution is 2.24. The van der Waals surface area contributed by atoms with Gasteiger partial charge in [-0.15, -0.1) is 0 Å². The summed E-state index contributed by atoms with van der Waals surface area (Å²) in [5.41, 5.74) is 0. The highest BCUT2D eigenvalue weighted by molar-refractivity contribution is 9.10. The molecule has 2 nitrogen and oxygen atoms in total. The molecule has 0 aromatic heterocycles. The zero-order valence-electron chi connectivity index (χ0n) is 7.58. The predicted molar refractivity (Wildman–Crippen MR) is 58.4 cm³/mol. The predicted octanol–water partition coefficient (Wildman–Crippen LogP) is 2.85. The summed E-state index contributed by atoms with van der Waals surface area (Å²) in [6.07, 6.45) is 7.93. The average molecular weight is 267 g/mol. The van der Waals surface area contributed by atoms with Crippen molar-refractivity contribution in [3.8, 4) is 0 Å². The molecule has 0 saturated heterocycles. The summed E-state index contributed by atoms with van der Waals surface area (Å²) in [7, 11) is -2.98. The van der Waals surface area contributed by atoms with Crippen molar-refractivity contribution in [3.05, 3.63) is 11.5 Å². The van der Waals surface area contributed by atoms with Crippen molar-refractivity contribution in [2.24, 2.45) is 5.92 Å². The van der Waals surface area contributed by atoms with Crippen molar-refractivity contribution < 1.29 is 8.42 Å². The molecule has 0 N–H and O–H groups in total. The molecule has 4 heteroatoms. The molecule has 76 valence electrons. The van der Waals surface area contributed by atoms with E-state index in [1.165, 1.54) is 24.7 Å². The average Bonchev–Trinajstić information content (AvgIpc) is 2.17. The van der Waals surface area contributed by atoms with Gasteiger partial charge in [0.15, 0.2) is 9.84 Å². The van der Waals surface area contributed by atoms with Gasteiger partial charge in [0, 0.05) is 5.41 Å². The molecular formula is C9H15BrO2S. The molecular weight excluding hydrogens is 252 g/mol. The second kappa shape index (κ2) is 5.15. The van der Waals surface area contributed by atoms with Gasteiger partial charge in [-0.1, -0.05) is 41.3 Å². The molecule has 0 heterocycles. The van der Waals surface area contributed by atoms with Crippen LogP contribution in [-0.2, 0) is 9.84 Å². The van der Waals surface area contributed by atoms with Gasteiger partial charge in [-0.05, 0) is 18.8 Å². The van der Waals surface area contributed by atoms with E-state index in [1.54, 1.807) is 0 Å². The molecule has 1 rings (SSSR count). The lowest BCUT2D eigenvalue weighted by Gasteiger charge is -2.17. The van der Waals surface area contributed by atoms with E-state index in [0.717, 1.165) is 12.8 Å². The highest BCUT2D eigenvalue weighted by Gasteiger charge is 2.11. The molecule has 0 unspecified atom stereocenters. The van der Waals surface area contributed by atoms with Crippen LogP contribution in [0, 0.1) is 5.92 Å². The second-order valence-electron chi connectivity index (χ2n) is 3.50. The van der Waals surface area contributed by atoms with Gasteiger partial charge in [0.05, 0.1) is 0 Å². The number of rotatable bonds is 3. The quantitative estimate of drug-likeness (QED) is 0.737. The van der Waals surface area contributed by atoms with E-state index in [2.05, 4.69) is 15.9 Å². The van der Waals surface area contributed by atoms with Gasteiger partial charge in [0.25, 0.3) is 0 Å². The van der Waals surface area contributed by atoms with Crippen molar-refractivity contribution in [1.29, 1.82) is 0 Å². The number of hydrogen-bond donors (Lipinski definition) is 0. The van der Waals surface area contributed by atoms with Crippen molar-refractivity contribution in [3.63, 3.8) is 0 Å². The number of hydrogen-bond acceptors (Lipinski definition) is 2. The van der Waals surface area contributed by atoms with Crippen molar-refractivity contribution in [2.45, 2.75) is 32.1 Å². The first-order valence-electron chi connectivity index (χ1n) is 4.61. The minimum Gasteiger partial charge on any atom is -0.223 e. The van der Waals surface area contributed by atoms with Gasteiger partial charge in [-0.2, -0.15) is 0 Å². The Morgan fingerprint density at radius 2 is 1.85 bits per heavy atom. The zero-order chi connectivity index (χ0) is 9.73. The van der Waals surface area contributed by atoms with E-state index in [1.807, 2.05) is 6.08 Å². The summed E-state index contributed by atoms with van der Waals surface area (Å²) >= 11 is 2.96. The Morgan fingerprint density at radius 1 is 1.23 bits per heavy atom. The maximum absolute atomic E-state index is 11.1. The smallest absolute Gasteiger partial charge is 0.181 e. The molecule has 0 aromatic rings. The van der Waals surface area contributed by atoms with Crippen LogP contribution >= 0.6 is 15.9 Å². The van der Waals surface area contributed by atoms with Gasteiger partial charge in [-0.3, -0.25) is 0 Å². The molecule has 1 saturated carbocycles. The van der Waals surface area contributed by atoms with Crippen LogP contribution in [0.2, 0.25) is 0 Å². The Morgan fingerprint density at radius 3 is 2.38 bits per heavy atom. The van der Waals surface area contributed by atoms with Crippen LogP contribution in [0.25, 0.3) is 0 Å². The molecule has 0 aromatic carbocycles. The Balaban J connectivity index is 2.47. The van der Waals surface area contributed by atoms with E-state index in [0.29, 0.717) is 5.92 Å². The minimum absolute atomic E-state index is 0.0310. The van der Waals surface area contributed by atoms with E-state index < -0.39 is 9.84 Å². The van der Waals surface area contributed by atoms with Gasteiger partial charge in [0.1, 0.15) is 4.66 Å². The molecule has 0 radical (unpaired) electrons. The maximum atomic E-state index is 11.1. The van der Waals surface area contributed by atoms with Gasteiger partial charge < -0.3 is 0 Å². The van der Waals surface area contributed by atoms with E-state index in [4.69, 9.17) is 0 Å². The molecule has 1 fully saturated rings. The highest BCUT2D eigenvalue weighted by atomic mass is 79.9. The summed E-state index contributed by atoms with van der Waals surface area (Å²) in [6, 6.07) is 0. The number of allylic oxidation sites excluding steroid dienone is 1. The monoisotopic (exact) mass is 266 g/mol. The molecule has 0 amide bonds. The minimum atomic E-state index is -2.98. The van der Waals surface area contributed by atoms with Crippen LogP contribution in [-0.4, -0.2) is 13.1 Å². The van der Waals surface area contributed by atoms with Crippen LogP contribution in [0.3, 0.4) is 0 Å². The molecule has 1 aliphatic rings. The Bertz CT molecular complexity index is 263. The summed E-state index contributed by atoms with van der Waals surface area (Å²) in [5, 5.41) is 1.36. The third-order valence-electron chi connectivity index (χ3n) is 2.36. The van der Waals surface area contributed by atoms with Crippen molar-refractivity contribution in [1.82, 2.24) is 0 Å². The van der Waals surface area contributed by atoms with Crippen LogP contribution in [0.4, 0.5) is 0 Å². The Hall–Kier alpha value is 0.170. The van der Waals surface area contributed by atoms with Gasteiger partial charge in [-0.25, -0.2) is 8.42 Å². The maximum Gasteiger partial charge on any atom is 0.181 e. The fraction of sp³-hybridized carbons (Fsp3) is 0.778. The second-order valence-corrected chi connectivity index (χ2v) is 6.69. The van der Waals surface area contributed by atoms with Crippen molar-refractivity contribution >= 4 is 25.8 Å². The SMILES string of the molecule is O=S(=O)(C=CC1CCCCC1)CBr. The summed E-state index contributed by atoms with van der Waals surface area (Å²) in [4.78, 5) is 0. The van der Waals surface area contributed by atoms with E-state index in [9.17, 15) is 8.42 Å². The molecule has 0 bridgehead atoms. The first kappa shape index (κ1) is 11.2. The Labute approximate surface area is 88.5 Å². The lowest BCUT2D eigenvalue weighted by atomic mass is 9.90. The molecule has 0 spiro atoms. The lowest BCUT2D eigenvalue weighted by Crippen LogP contribution is -2.04. The van der Waals surface area contributed by atoms with Gasteiger partial charge in [0.2, 0.25) is 0 Å². The third kappa shape index (κ3) is 4.27. The first-order chi connectivity index (χ1) is 6.14. The standard InChI is InChI=1S/C9H15BrO2S/c10-8-13(11,12)7-6-9-4-2-1-3-5-9/h6-7,9H,1-5,8H2. The topological polar surface area (TPSA) is 34.1 Å². The number of halogens is 1. The van der Waals surface area contributed by atoms with E-state index in [-0.39, 0.29) is 4.66 Å². The fourth-order valence-corrected chi connectivity index (χ4v) is 2.59. The lowest BCUT2D eigenvalue weighted by molar-refractivity contribution is 0.419. The van der Waals surface area contributed by atoms with Crippen LogP contribution < -0.4 is 0 Å². The van der Waals surface area contributed by atoms with Crippen molar-refractivity contribution in [2.75, 3.05) is 4.66 Å². The zero-order valence-corrected chi connectivity index (χ0v) is 9.98. The Kier molecular flexibility index (Phi) is 4.46. The van der Waals surface area contributed by atoms with Crippen LogP contribution in [0.15, 0.2) is 11.5 Å².